The average molecular weight is 713 g/mol. The highest BCUT2D eigenvalue weighted by Gasteiger charge is 2.59. The van der Waals surface area contributed by atoms with Gasteiger partial charge in [0, 0.05) is 12.8 Å². The molecule has 3 fully saturated rings. The van der Waals surface area contributed by atoms with Gasteiger partial charge in [-0.1, -0.05) is 136 Å². The Labute approximate surface area is 314 Å². The minimum atomic E-state index is -1.83. The highest BCUT2D eigenvalue weighted by Crippen LogP contribution is 2.67. The maximum atomic E-state index is 12.8. The molecule has 0 aromatic carbocycles. The Bertz CT molecular complexity index is 1070. The van der Waals surface area contributed by atoms with Crippen LogP contribution in [0.15, 0.2) is 23.8 Å². The van der Waals surface area contributed by atoms with Gasteiger partial charge in [-0.25, -0.2) is 4.79 Å². The SMILES string of the molecule is CCCCCCCC/C=C\CCCCCCCC(=O)O[C@H]1CC[C@@]2(C)C(=CC[C@H]3[C@@H]4CC[C@H](C(C)CCCC(C)C)[C@@]4(C)CC[C@@H]32)C1.O=C(O)O. The summed E-state index contributed by atoms with van der Waals surface area (Å²) in [6.07, 6.45) is 37.6. The van der Waals surface area contributed by atoms with Crippen LogP contribution in [0.5, 0.6) is 0 Å². The number of hydrogen-bond donors (Lipinski definition) is 2. The summed E-state index contributed by atoms with van der Waals surface area (Å²) in [6.45, 7) is 14.9. The summed E-state index contributed by atoms with van der Waals surface area (Å²) in [5, 5.41) is 13.9. The van der Waals surface area contributed by atoms with E-state index >= 15 is 0 Å². The zero-order valence-electron chi connectivity index (χ0n) is 34.1. The molecule has 4 aliphatic rings. The third-order valence-corrected chi connectivity index (χ3v) is 14.2. The Morgan fingerprint density at radius 2 is 1.43 bits per heavy atom. The zero-order valence-corrected chi connectivity index (χ0v) is 34.1. The highest BCUT2D eigenvalue weighted by molar-refractivity contribution is 5.69. The van der Waals surface area contributed by atoms with Crippen molar-refractivity contribution in [1.82, 2.24) is 0 Å². The van der Waals surface area contributed by atoms with Crippen LogP contribution in [0.4, 0.5) is 4.79 Å². The van der Waals surface area contributed by atoms with E-state index in [1.165, 1.54) is 128 Å². The molecule has 8 atom stereocenters. The monoisotopic (exact) mass is 713 g/mol. The van der Waals surface area contributed by atoms with Gasteiger partial charge in [0.1, 0.15) is 6.10 Å². The van der Waals surface area contributed by atoms with Gasteiger partial charge in [-0.3, -0.25) is 4.79 Å². The quantitative estimate of drug-likeness (QED) is 0.0703. The number of allylic oxidation sites excluding steroid dienone is 3. The number of ether oxygens (including phenoxy) is 1. The Morgan fingerprint density at radius 1 is 0.804 bits per heavy atom. The van der Waals surface area contributed by atoms with Gasteiger partial charge in [-0.05, 0) is 123 Å². The molecule has 0 radical (unpaired) electrons. The van der Waals surface area contributed by atoms with Crippen molar-refractivity contribution in [3.05, 3.63) is 23.8 Å². The number of unbranched alkanes of at least 4 members (excludes halogenated alkanes) is 11. The molecule has 0 saturated heterocycles. The van der Waals surface area contributed by atoms with Crippen LogP contribution >= 0.6 is 0 Å². The van der Waals surface area contributed by atoms with Crippen LogP contribution in [-0.4, -0.2) is 28.4 Å². The van der Waals surface area contributed by atoms with E-state index in [-0.39, 0.29) is 12.1 Å². The second-order valence-electron chi connectivity index (χ2n) is 18.3. The molecule has 0 spiro atoms. The first-order valence-electron chi connectivity index (χ1n) is 21.9. The summed E-state index contributed by atoms with van der Waals surface area (Å²) in [5.74, 6) is 5.31. The van der Waals surface area contributed by atoms with Gasteiger partial charge < -0.3 is 14.9 Å². The Balaban J connectivity index is 0.00000166. The summed E-state index contributed by atoms with van der Waals surface area (Å²) in [5.41, 5.74) is 2.53. The summed E-state index contributed by atoms with van der Waals surface area (Å²) < 4.78 is 6.12. The van der Waals surface area contributed by atoms with Crippen molar-refractivity contribution in [2.45, 2.75) is 208 Å². The summed E-state index contributed by atoms with van der Waals surface area (Å²) in [7, 11) is 0. The molecule has 0 bridgehead atoms. The molecule has 294 valence electrons. The molecule has 0 aromatic rings. The number of esters is 1. The van der Waals surface area contributed by atoms with Crippen LogP contribution in [0.25, 0.3) is 0 Å². The van der Waals surface area contributed by atoms with Crippen molar-refractivity contribution in [3.63, 3.8) is 0 Å². The zero-order chi connectivity index (χ0) is 37.3. The van der Waals surface area contributed by atoms with Crippen LogP contribution in [-0.2, 0) is 9.53 Å². The minimum absolute atomic E-state index is 0.0541. The molecule has 5 heteroatoms. The van der Waals surface area contributed by atoms with Crippen molar-refractivity contribution < 1.29 is 24.5 Å². The first kappa shape index (κ1) is 43.6. The second kappa shape index (κ2) is 22.4. The minimum Gasteiger partial charge on any atom is -0.462 e. The normalized spacial score (nSPS) is 30.5. The summed E-state index contributed by atoms with van der Waals surface area (Å²) in [6, 6.07) is 0. The lowest BCUT2D eigenvalue weighted by molar-refractivity contribution is -0.151. The Hall–Kier alpha value is -1.78. The van der Waals surface area contributed by atoms with Crippen molar-refractivity contribution in [2.24, 2.45) is 46.3 Å². The van der Waals surface area contributed by atoms with Gasteiger partial charge in [0.05, 0.1) is 0 Å². The summed E-state index contributed by atoms with van der Waals surface area (Å²) >= 11 is 0. The predicted molar refractivity (Wildman–Crippen MR) is 213 cm³/mol. The first-order valence-corrected chi connectivity index (χ1v) is 21.9. The molecular weight excluding hydrogens is 633 g/mol. The fourth-order valence-corrected chi connectivity index (χ4v) is 11.3. The van der Waals surface area contributed by atoms with Gasteiger partial charge in [-0.2, -0.15) is 0 Å². The van der Waals surface area contributed by atoms with Crippen LogP contribution in [0, 0.1) is 46.3 Å². The van der Waals surface area contributed by atoms with Gasteiger partial charge in [0.25, 0.3) is 0 Å². The van der Waals surface area contributed by atoms with Crippen LogP contribution in [0.1, 0.15) is 202 Å². The molecule has 51 heavy (non-hydrogen) atoms. The number of carboxylic acid groups (broad SMARTS) is 2. The highest BCUT2D eigenvalue weighted by atomic mass is 16.6. The maximum Gasteiger partial charge on any atom is 0.503 e. The molecule has 5 nitrogen and oxygen atoms in total. The number of carbonyl (C=O) groups is 2. The van der Waals surface area contributed by atoms with Gasteiger partial charge >= 0.3 is 12.1 Å². The largest absolute Gasteiger partial charge is 0.503 e. The number of fused-ring (bicyclic) bond motifs is 5. The molecule has 3 saturated carbocycles. The van der Waals surface area contributed by atoms with E-state index in [9.17, 15) is 4.79 Å². The van der Waals surface area contributed by atoms with E-state index < -0.39 is 6.16 Å². The average Bonchev–Trinajstić information content (AvgIpc) is 3.43. The Kier molecular flexibility index (Phi) is 19.2. The molecule has 1 unspecified atom stereocenters. The van der Waals surface area contributed by atoms with Crippen LogP contribution < -0.4 is 0 Å². The van der Waals surface area contributed by atoms with E-state index in [0.717, 1.165) is 61.2 Å². The number of rotatable bonds is 21. The lowest BCUT2D eigenvalue weighted by Gasteiger charge is -2.58. The first-order chi connectivity index (χ1) is 24.4. The van der Waals surface area contributed by atoms with Crippen molar-refractivity contribution in [1.29, 1.82) is 0 Å². The van der Waals surface area contributed by atoms with Crippen molar-refractivity contribution >= 4 is 12.1 Å². The number of carbonyl (C=O) groups excluding carboxylic acids is 1. The number of hydrogen-bond acceptors (Lipinski definition) is 3. The third kappa shape index (κ3) is 13.5. The topological polar surface area (TPSA) is 83.8 Å². The predicted octanol–water partition coefficient (Wildman–Crippen LogP) is 14.2. The molecule has 0 heterocycles. The third-order valence-electron chi connectivity index (χ3n) is 14.2. The molecule has 2 N–H and O–H groups in total. The van der Waals surface area contributed by atoms with Crippen molar-refractivity contribution in [2.75, 3.05) is 0 Å². The fourth-order valence-electron chi connectivity index (χ4n) is 11.3. The molecule has 0 aliphatic heterocycles. The molecule has 4 aliphatic carbocycles. The van der Waals surface area contributed by atoms with Crippen LogP contribution in [0.3, 0.4) is 0 Å². The van der Waals surface area contributed by atoms with Gasteiger partial charge in [0.2, 0.25) is 0 Å². The van der Waals surface area contributed by atoms with Gasteiger partial charge in [0.15, 0.2) is 0 Å². The van der Waals surface area contributed by atoms with E-state index in [4.69, 9.17) is 19.7 Å². The van der Waals surface area contributed by atoms with Crippen LogP contribution in [0.2, 0.25) is 0 Å². The lowest BCUT2D eigenvalue weighted by atomic mass is 9.47. The lowest BCUT2D eigenvalue weighted by Crippen LogP contribution is -2.51. The maximum absolute atomic E-state index is 12.8. The second-order valence-corrected chi connectivity index (χ2v) is 18.3. The molecular formula is C46H80O5. The molecule has 0 amide bonds. The van der Waals surface area contributed by atoms with Gasteiger partial charge in [-0.15, -0.1) is 0 Å². The van der Waals surface area contributed by atoms with E-state index in [0.29, 0.717) is 17.3 Å². The standard InChI is InChI=1S/C45H78O2.CH2O3/c1-7-8-9-10-11-12-13-14-15-16-17-18-19-20-21-25-43(46)47-38-30-32-44(5)37(34-38)26-27-39-41-29-28-40(36(4)24-22-23-35(2)3)45(41,6)33-31-42(39)44;2-1(3)4/h14-15,26,35-36,38-42H,7-13,16-25,27-34H2,1-6H3;(H2,2,3,4)/b15-14-;/t36?,38-,39-,40+,41-,42-,44-,45+;/m0./s1. The smallest absolute Gasteiger partial charge is 0.462 e. The van der Waals surface area contributed by atoms with E-state index in [1.54, 1.807) is 5.57 Å². The fraction of sp³-hybridized carbons (Fsp3) is 0.870. The summed E-state index contributed by atoms with van der Waals surface area (Å²) in [4.78, 5) is 21.4. The molecule has 4 rings (SSSR count). The Morgan fingerprint density at radius 3 is 2.08 bits per heavy atom. The molecule has 0 aromatic heterocycles. The van der Waals surface area contributed by atoms with Crippen molar-refractivity contribution in [3.8, 4) is 0 Å². The van der Waals surface area contributed by atoms with E-state index in [2.05, 4.69) is 59.8 Å². The van der Waals surface area contributed by atoms with E-state index in [1.807, 2.05) is 0 Å².